The maximum Gasteiger partial charge on any atom is 0.317 e. The predicted molar refractivity (Wildman–Crippen MR) is 75.6 cm³/mol. The van der Waals surface area contributed by atoms with Gasteiger partial charge < -0.3 is 20.2 Å². The molecule has 114 valence electrons. The number of amides is 2. The highest BCUT2D eigenvalue weighted by Gasteiger charge is 2.44. The lowest BCUT2D eigenvalue weighted by molar-refractivity contribution is -0.153. The molecule has 1 saturated heterocycles. The van der Waals surface area contributed by atoms with Gasteiger partial charge in [0, 0.05) is 19.6 Å². The second-order valence-electron chi connectivity index (χ2n) is 6.24. The SMILES string of the molecule is CN1CCC(N(C)C(=O)NCC2(C(=O)O)CCC2)CC1. The van der Waals surface area contributed by atoms with Crippen molar-refractivity contribution in [1.29, 1.82) is 0 Å². The zero-order chi connectivity index (χ0) is 14.8. The van der Waals surface area contributed by atoms with Gasteiger partial charge in [-0.15, -0.1) is 0 Å². The van der Waals surface area contributed by atoms with Crippen LogP contribution in [0.5, 0.6) is 0 Å². The number of carbonyl (C=O) groups is 2. The fourth-order valence-corrected chi connectivity index (χ4v) is 2.99. The molecule has 2 aliphatic rings. The van der Waals surface area contributed by atoms with Crippen molar-refractivity contribution in [3.05, 3.63) is 0 Å². The molecule has 0 bridgehead atoms. The molecule has 2 amide bonds. The van der Waals surface area contributed by atoms with Crippen LogP contribution in [0.2, 0.25) is 0 Å². The lowest BCUT2D eigenvalue weighted by atomic mass is 9.69. The minimum Gasteiger partial charge on any atom is -0.481 e. The zero-order valence-electron chi connectivity index (χ0n) is 12.4. The van der Waals surface area contributed by atoms with Crippen molar-refractivity contribution < 1.29 is 14.7 Å². The van der Waals surface area contributed by atoms with Crippen LogP contribution in [-0.2, 0) is 4.79 Å². The molecule has 0 radical (unpaired) electrons. The molecule has 1 saturated carbocycles. The maximum absolute atomic E-state index is 12.1. The van der Waals surface area contributed by atoms with Crippen LogP contribution in [0, 0.1) is 5.41 Å². The fraction of sp³-hybridized carbons (Fsp3) is 0.857. The topological polar surface area (TPSA) is 72.9 Å². The van der Waals surface area contributed by atoms with Gasteiger partial charge in [0.05, 0.1) is 5.41 Å². The second kappa shape index (κ2) is 5.99. The third kappa shape index (κ3) is 3.06. The Morgan fingerprint density at radius 1 is 1.35 bits per heavy atom. The van der Waals surface area contributed by atoms with Crippen molar-refractivity contribution in [3.8, 4) is 0 Å². The normalized spacial score (nSPS) is 22.9. The summed E-state index contributed by atoms with van der Waals surface area (Å²) in [5.41, 5.74) is -0.719. The molecule has 0 atom stereocenters. The third-order valence-corrected chi connectivity index (χ3v) is 4.90. The Balaban J connectivity index is 1.81. The van der Waals surface area contributed by atoms with Crippen LogP contribution >= 0.6 is 0 Å². The smallest absolute Gasteiger partial charge is 0.317 e. The van der Waals surface area contributed by atoms with E-state index in [0.717, 1.165) is 32.4 Å². The van der Waals surface area contributed by atoms with E-state index in [0.29, 0.717) is 12.8 Å². The largest absolute Gasteiger partial charge is 0.481 e. The molecule has 0 spiro atoms. The summed E-state index contributed by atoms with van der Waals surface area (Å²) in [5, 5.41) is 12.1. The van der Waals surface area contributed by atoms with Gasteiger partial charge >= 0.3 is 12.0 Å². The standard InChI is InChI=1S/C14H25N3O3/c1-16-8-4-11(5-9-16)17(2)13(20)15-10-14(12(18)19)6-3-7-14/h11H,3-10H2,1-2H3,(H,15,20)(H,18,19). The number of aliphatic carboxylic acids is 1. The first-order valence-corrected chi connectivity index (χ1v) is 7.37. The molecule has 2 N–H and O–H groups in total. The van der Waals surface area contributed by atoms with E-state index in [1.165, 1.54) is 0 Å². The van der Waals surface area contributed by atoms with Gasteiger partial charge in [-0.1, -0.05) is 6.42 Å². The number of nitrogens with one attached hydrogen (secondary N) is 1. The first-order valence-electron chi connectivity index (χ1n) is 7.37. The Hall–Kier alpha value is -1.30. The Morgan fingerprint density at radius 2 is 1.95 bits per heavy atom. The Bertz CT molecular complexity index is 374. The van der Waals surface area contributed by atoms with E-state index in [1.807, 2.05) is 0 Å². The van der Waals surface area contributed by atoms with Crippen molar-refractivity contribution in [1.82, 2.24) is 15.1 Å². The highest BCUT2D eigenvalue weighted by Crippen LogP contribution is 2.40. The zero-order valence-corrected chi connectivity index (χ0v) is 12.4. The molecule has 2 fully saturated rings. The third-order valence-electron chi connectivity index (χ3n) is 4.90. The fourth-order valence-electron chi connectivity index (χ4n) is 2.99. The van der Waals surface area contributed by atoms with Gasteiger partial charge in [0.15, 0.2) is 0 Å². The number of carboxylic acid groups (broad SMARTS) is 1. The van der Waals surface area contributed by atoms with Crippen LogP contribution < -0.4 is 5.32 Å². The summed E-state index contributed by atoms with van der Waals surface area (Å²) < 4.78 is 0. The average molecular weight is 283 g/mol. The molecule has 6 nitrogen and oxygen atoms in total. The van der Waals surface area contributed by atoms with Gasteiger partial charge in [0.1, 0.15) is 0 Å². The molecule has 20 heavy (non-hydrogen) atoms. The van der Waals surface area contributed by atoms with E-state index >= 15 is 0 Å². The van der Waals surface area contributed by atoms with E-state index in [2.05, 4.69) is 17.3 Å². The summed E-state index contributed by atoms with van der Waals surface area (Å²) in [7, 11) is 3.89. The molecule has 1 heterocycles. The number of hydrogen-bond acceptors (Lipinski definition) is 3. The van der Waals surface area contributed by atoms with Crippen LogP contribution in [0.25, 0.3) is 0 Å². The van der Waals surface area contributed by atoms with Crippen LogP contribution in [0.3, 0.4) is 0 Å². The van der Waals surface area contributed by atoms with E-state index < -0.39 is 11.4 Å². The molecule has 0 aromatic carbocycles. The van der Waals surface area contributed by atoms with Crippen LogP contribution in [0.15, 0.2) is 0 Å². The van der Waals surface area contributed by atoms with Crippen molar-refractivity contribution in [2.75, 3.05) is 33.7 Å². The molecular weight excluding hydrogens is 258 g/mol. The molecule has 6 heteroatoms. The van der Waals surface area contributed by atoms with E-state index in [1.54, 1.807) is 11.9 Å². The Labute approximate surface area is 120 Å². The molecule has 1 aliphatic heterocycles. The summed E-state index contributed by atoms with van der Waals surface area (Å²) in [5.74, 6) is -0.786. The number of carboxylic acids is 1. The van der Waals surface area contributed by atoms with E-state index in [-0.39, 0.29) is 18.6 Å². The molecule has 2 rings (SSSR count). The number of carbonyl (C=O) groups excluding carboxylic acids is 1. The van der Waals surface area contributed by atoms with E-state index in [4.69, 9.17) is 0 Å². The van der Waals surface area contributed by atoms with Crippen LogP contribution in [-0.4, -0.2) is 66.7 Å². The average Bonchev–Trinajstić information content (AvgIpc) is 2.36. The number of hydrogen-bond donors (Lipinski definition) is 2. The van der Waals surface area contributed by atoms with Crippen molar-refractivity contribution in [2.24, 2.45) is 5.41 Å². The summed E-state index contributed by atoms with van der Waals surface area (Å²) in [6.45, 7) is 2.25. The highest BCUT2D eigenvalue weighted by molar-refractivity contribution is 5.79. The first-order chi connectivity index (χ1) is 9.44. The summed E-state index contributed by atoms with van der Waals surface area (Å²) in [4.78, 5) is 27.4. The molecule has 1 aliphatic carbocycles. The van der Waals surface area contributed by atoms with Crippen molar-refractivity contribution >= 4 is 12.0 Å². The molecular formula is C14H25N3O3. The summed E-state index contributed by atoms with van der Waals surface area (Å²) in [6, 6.07) is 0.112. The number of rotatable bonds is 4. The Kier molecular flexibility index (Phi) is 4.52. The molecule has 0 aromatic heterocycles. The maximum atomic E-state index is 12.1. The molecule has 0 aromatic rings. The monoisotopic (exact) mass is 283 g/mol. The summed E-state index contributed by atoms with van der Waals surface area (Å²) in [6.07, 6.45) is 4.23. The Morgan fingerprint density at radius 3 is 2.40 bits per heavy atom. The lowest BCUT2D eigenvalue weighted by Gasteiger charge is -2.39. The van der Waals surface area contributed by atoms with Gasteiger partial charge in [-0.05, 0) is 45.8 Å². The van der Waals surface area contributed by atoms with Gasteiger partial charge in [0.2, 0.25) is 0 Å². The van der Waals surface area contributed by atoms with Gasteiger partial charge in [0.25, 0.3) is 0 Å². The van der Waals surface area contributed by atoms with Crippen LogP contribution in [0.1, 0.15) is 32.1 Å². The number of nitrogens with zero attached hydrogens (tertiary/aromatic N) is 2. The minimum atomic E-state index is -0.786. The number of likely N-dealkylation sites (tertiary alicyclic amines) is 1. The molecule has 0 unspecified atom stereocenters. The van der Waals surface area contributed by atoms with Crippen molar-refractivity contribution in [3.63, 3.8) is 0 Å². The van der Waals surface area contributed by atoms with Gasteiger partial charge in [-0.3, -0.25) is 4.79 Å². The van der Waals surface area contributed by atoms with E-state index in [9.17, 15) is 14.7 Å². The lowest BCUT2D eigenvalue weighted by Crippen LogP contribution is -2.53. The van der Waals surface area contributed by atoms with Gasteiger partial charge in [-0.25, -0.2) is 4.79 Å². The first kappa shape index (κ1) is 15.1. The second-order valence-corrected chi connectivity index (χ2v) is 6.24. The highest BCUT2D eigenvalue weighted by atomic mass is 16.4. The minimum absolute atomic E-state index is 0.146. The number of urea groups is 1. The predicted octanol–water partition coefficient (Wildman–Crippen LogP) is 0.977. The van der Waals surface area contributed by atoms with Crippen LogP contribution in [0.4, 0.5) is 4.79 Å². The quantitative estimate of drug-likeness (QED) is 0.806. The van der Waals surface area contributed by atoms with Gasteiger partial charge in [-0.2, -0.15) is 0 Å². The summed E-state index contributed by atoms with van der Waals surface area (Å²) >= 11 is 0. The van der Waals surface area contributed by atoms with Crippen molar-refractivity contribution in [2.45, 2.75) is 38.1 Å². The number of piperidine rings is 1.